The number of piperidine rings is 1. The van der Waals surface area contributed by atoms with E-state index in [1.165, 1.54) is 38.2 Å². The first kappa shape index (κ1) is 17.7. The van der Waals surface area contributed by atoms with E-state index in [-0.39, 0.29) is 23.4 Å². The molecule has 0 bridgehead atoms. The van der Waals surface area contributed by atoms with Gasteiger partial charge in [0.25, 0.3) is 0 Å². The summed E-state index contributed by atoms with van der Waals surface area (Å²) in [4.78, 5) is 15.0. The Morgan fingerprint density at radius 3 is 2.79 bits per heavy atom. The average molecular weight is 353 g/mol. The fraction of sp³-hybridized carbons (Fsp3) is 0.632. The summed E-state index contributed by atoms with van der Waals surface area (Å²) in [5.74, 6) is -0.384. The minimum Gasteiger partial charge on any atom is -0.352 e. The minimum atomic E-state index is -0.438. The van der Waals surface area contributed by atoms with Crippen molar-refractivity contribution in [2.24, 2.45) is 5.92 Å². The van der Waals surface area contributed by atoms with Gasteiger partial charge in [0.15, 0.2) is 0 Å². The first-order chi connectivity index (χ1) is 11.6. The zero-order valence-electron chi connectivity index (χ0n) is 14.1. The van der Waals surface area contributed by atoms with Crippen molar-refractivity contribution in [3.05, 3.63) is 34.6 Å². The highest BCUT2D eigenvalue weighted by Crippen LogP contribution is 2.27. The highest BCUT2D eigenvalue weighted by atomic mass is 35.5. The van der Waals surface area contributed by atoms with Crippen molar-refractivity contribution in [2.45, 2.75) is 57.5 Å². The van der Waals surface area contributed by atoms with Gasteiger partial charge in [0.05, 0.1) is 10.9 Å². The molecule has 1 aromatic carbocycles. The van der Waals surface area contributed by atoms with Crippen LogP contribution in [-0.4, -0.2) is 29.9 Å². The van der Waals surface area contributed by atoms with E-state index in [0.717, 1.165) is 25.9 Å². The number of nitrogens with zero attached hydrogens (tertiary/aromatic N) is 1. The molecular formula is C19H26ClFN2O. The highest BCUT2D eigenvalue weighted by Gasteiger charge is 2.30. The fourth-order valence-electron chi connectivity index (χ4n) is 4.01. The van der Waals surface area contributed by atoms with E-state index < -0.39 is 5.82 Å². The number of likely N-dealkylation sites (tertiary alicyclic amines) is 1. The topological polar surface area (TPSA) is 32.3 Å². The van der Waals surface area contributed by atoms with Gasteiger partial charge in [0.2, 0.25) is 5.91 Å². The van der Waals surface area contributed by atoms with Crippen LogP contribution in [0.1, 0.15) is 50.5 Å². The number of carbonyl (C=O) groups excluding carboxylic acids is 1. The summed E-state index contributed by atoms with van der Waals surface area (Å²) in [6, 6.07) is 5.54. The monoisotopic (exact) mass is 352 g/mol. The van der Waals surface area contributed by atoms with E-state index in [1.807, 2.05) is 0 Å². The molecule has 2 fully saturated rings. The molecule has 24 heavy (non-hydrogen) atoms. The maximum atomic E-state index is 13.9. The normalized spacial score (nSPS) is 23.2. The summed E-state index contributed by atoms with van der Waals surface area (Å²) in [5.41, 5.74) is 0.441. The van der Waals surface area contributed by atoms with Crippen LogP contribution in [0.25, 0.3) is 0 Å². The average Bonchev–Trinajstić information content (AvgIpc) is 2.63. The summed E-state index contributed by atoms with van der Waals surface area (Å²) in [6.07, 6.45) is 8.49. The number of benzene rings is 1. The molecule has 0 unspecified atom stereocenters. The molecule has 0 aromatic heterocycles. The molecule has 1 amide bonds. The van der Waals surface area contributed by atoms with E-state index in [9.17, 15) is 9.18 Å². The molecular weight excluding hydrogens is 327 g/mol. The van der Waals surface area contributed by atoms with Crippen molar-refractivity contribution in [2.75, 3.05) is 13.1 Å². The predicted molar refractivity (Wildman–Crippen MR) is 94.4 cm³/mol. The zero-order valence-corrected chi connectivity index (χ0v) is 14.8. The first-order valence-corrected chi connectivity index (χ1v) is 9.47. The van der Waals surface area contributed by atoms with Crippen LogP contribution in [0, 0.1) is 11.7 Å². The van der Waals surface area contributed by atoms with Crippen molar-refractivity contribution < 1.29 is 9.18 Å². The van der Waals surface area contributed by atoms with Gasteiger partial charge in [-0.3, -0.25) is 9.69 Å². The van der Waals surface area contributed by atoms with Gasteiger partial charge in [-0.15, -0.1) is 0 Å². The molecule has 3 rings (SSSR count). The van der Waals surface area contributed by atoms with Gasteiger partial charge in [-0.2, -0.15) is 0 Å². The van der Waals surface area contributed by atoms with Crippen LogP contribution in [0.3, 0.4) is 0 Å². The molecule has 1 N–H and O–H groups in total. The predicted octanol–water partition coefficient (Wildman–Crippen LogP) is 4.14. The Morgan fingerprint density at radius 2 is 2.00 bits per heavy atom. The van der Waals surface area contributed by atoms with Gasteiger partial charge >= 0.3 is 0 Å². The number of halogens is 2. The van der Waals surface area contributed by atoms with Crippen LogP contribution < -0.4 is 5.32 Å². The molecule has 1 heterocycles. The molecule has 0 radical (unpaired) electrons. The van der Waals surface area contributed by atoms with Crippen LogP contribution in [0.5, 0.6) is 0 Å². The third-order valence-electron chi connectivity index (χ3n) is 5.40. The van der Waals surface area contributed by atoms with Crippen LogP contribution in [-0.2, 0) is 11.3 Å². The van der Waals surface area contributed by atoms with Crippen molar-refractivity contribution in [3.8, 4) is 0 Å². The Hall–Kier alpha value is -1.13. The third kappa shape index (κ3) is 4.28. The largest absolute Gasteiger partial charge is 0.352 e. The molecule has 3 nitrogen and oxygen atoms in total. The van der Waals surface area contributed by atoms with Crippen molar-refractivity contribution in [3.63, 3.8) is 0 Å². The number of hydrogen-bond donors (Lipinski definition) is 1. The Bertz CT molecular complexity index is 574. The molecule has 5 heteroatoms. The van der Waals surface area contributed by atoms with Crippen molar-refractivity contribution in [1.82, 2.24) is 10.2 Å². The van der Waals surface area contributed by atoms with E-state index in [2.05, 4.69) is 10.2 Å². The third-order valence-corrected chi connectivity index (χ3v) is 5.69. The summed E-state index contributed by atoms with van der Waals surface area (Å²) in [5, 5.41) is 3.00. The lowest BCUT2D eigenvalue weighted by atomic mass is 9.90. The van der Waals surface area contributed by atoms with Gasteiger partial charge in [-0.05, 0) is 38.3 Å². The summed E-state index contributed by atoms with van der Waals surface area (Å²) >= 11 is 5.79. The lowest BCUT2D eigenvalue weighted by Gasteiger charge is -2.39. The molecule has 1 atom stereocenters. The molecule has 2 aliphatic rings. The van der Waals surface area contributed by atoms with Gasteiger partial charge in [-0.1, -0.05) is 43.0 Å². The lowest BCUT2D eigenvalue weighted by Crippen LogP contribution is -2.47. The maximum Gasteiger partial charge on any atom is 0.224 e. The second kappa shape index (κ2) is 8.30. The van der Waals surface area contributed by atoms with Crippen LogP contribution in [0.2, 0.25) is 5.02 Å². The van der Waals surface area contributed by atoms with Crippen molar-refractivity contribution in [1.29, 1.82) is 0 Å². The maximum absolute atomic E-state index is 13.9. The van der Waals surface area contributed by atoms with Crippen LogP contribution >= 0.6 is 11.6 Å². The number of carbonyl (C=O) groups is 1. The Balaban J connectivity index is 1.53. The molecule has 1 saturated heterocycles. The number of hydrogen-bond acceptors (Lipinski definition) is 2. The standard InChI is InChI=1S/C19H26ClFN2O/c20-17-10-4-6-14(18(17)21)12-22-19(24)15-7-5-11-23(13-15)16-8-2-1-3-9-16/h4,6,10,15-16H,1-3,5,7-9,11-13H2,(H,22,24)/t15-/m1/s1. The van der Waals surface area contributed by atoms with Gasteiger partial charge in [0, 0.05) is 24.7 Å². The first-order valence-electron chi connectivity index (χ1n) is 9.10. The van der Waals surface area contributed by atoms with Gasteiger partial charge < -0.3 is 5.32 Å². The number of nitrogens with one attached hydrogen (secondary N) is 1. The van der Waals surface area contributed by atoms with E-state index in [0.29, 0.717) is 11.6 Å². The van der Waals surface area contributed by atoms with E-state index in [4.69, 9.17) is 11.6 Å². The summed E-state index contributed by atoms with van der Waals surface area (Å²) in [7, 11) is 0. The lowest BCUT2D eigenvalue weighted by molar-refractivity contribution is -0.127. The van der Waals surface area contributed by atoms with E-state index >= 15 is 0 Å². The fourth-order valence-corrected chi connectivity index (χ4v) is 4.20. The Morgan fingerprint density at radius 1 is 1.21 bits per heavy atom. The van der Waals surface area contributed by atoms with Gasteiger partial charge in [-0.25, -0.2) is 4.39 Å². The number of amides is 1. The molecule has 132 valence electrons. The Kier molecular flexibility index (Phi) is 6.12. The summed E-state index contributed by atoms with van der Waals surface area (Å²) in [6.45, 7) is 2.15. The number of rotatable bonds is 4. The Labute approximate surface area is 148 Å². The second-order valence-corrected chi connectivity index (χ2v) is 7.46. The van der Waals surface area contributed by atoms with E-state index in [1.54, 1.807) is 12.1 Å². The van der Waals surface area contributed by atoms with Crippen LogP contribution in [0.15, 0.2) is 18.2 Å². The zero-order chi connectivity index (χ0) is 16.9. The highest BCUT2D eigenvalue weighted by molar-refractivity contribution is 6.30. The van der Waals surface area contributed by atoms with Crippen LogP contribution in [0.4, 0.5) is 4.39 Å². The summed E-state index contributed by atoms with van der Waals surface area (Å²) < 4.78 is 13.9. The molecule has 1 aliphatic carbocycles. The molecule has 1 aliphatic heterocycles. The smallest absolute Gasteiger partial charge is 0.224 e. The SMILES string of the molecule is O=C(NCc1cccc(Cl)c1F)[C@@H]1CCCN(C2CCCCC2)C1. The quantitative estimate of drug-likeness (QED) is 0.883. The van der Waals surface area contributed by atoms with Gasteiger partial charge in [0.1, 0.15) is 5.82 Å². The second-order valence-electron chi connectivity index (χ2n) is 7.06. The van der Waals surface area contributed by atoms with Crippen molar-refractivity contribution >= 4 is 17.5 Å². The molecule has 1 saturated carbocycles. The molecule has 1 aromatic rings. The minimum absolute atomic E-state index is 0.0166. The molecule has 0 spiro atoms.